The molecule has 0 aromatic heterocycles. The van der Waals surface area contributed by atoms with E-state index in [1.54, 1.807) is 0 Å². The molecule has 4 heteroatoms. The van der Waals surface area contributed by atoms with E-state index < -0.39 is 5.91 Å². The van der Waals surface area contributed by atoms with Gasteiger partial charge >= 0.3 is 0 Å². The number of hydrogen-bond donors (Lipinski definition) is 2. The number of nitrogens with two attached hydrogens (primary N) is 1. The Hall–Kier alpha value is -1.84. The number of carbonyl (C=O) groups is 2. The standard InChI is InChI=1S/C11H14N2O2/c1-8-3-2-4-9(5-8)7-13-11(15)6-10(12)14/h2-5H,6-7H2,1H3,(H2,12,14)(H,13,15). The van der Waals surface area contributed by atoms with Crippen LogP contribution in [0.3, 0.4) is 0 Å². The normalized spacial score (nSPS) is 9.67. The maximum absolute atomic E-state index is 11.1. The van der Waals surface area contributed by atoms with Gasteiger partial charge in [-0.1, -0.05) is 29.8 Å². The summed E-state index contributed by atoms with van der Waals surface area (Å²) in [5.41, 5.74) is 7.03. The molecule has 3 N–H and O–H groups in total. The molecule has 2 amide bonds. The zero-order valence-corrected chi connectivity index (χ0v) is 8.62. The third kappa shape index (κ3) is 4.26. The first-order valence-electron chi connectivity index (χ1n) is 4.68. The average molecular weight is 206 g/mol. The van der Waals surface area contributed by atoms with Crippen molar-refractivity contribution in [2.24, 2.45) is 5.73 Å². The van der Waals surface area contributed by atoms with Crippen LogP contribution < -0.4 is 11.1 Å². The van der Waals surface area contributed by atoms with Crippen LogP contribution in [0.1, 0.15) is 17.5 Å². The molecule has 0 heterocycles. The molecule has 1 aromatic carbocycles. The summed E-state index contributed by atoms with van der Waals surface area (Å²) in [7, 11) is 0. The van der Waals surface area contributed by atoms with E-state index in [1.807, 2.05) is 31.2 Å². The van der Waals surface area contributed by atoms with Gasteiger partial charge in [-0.05, 0) is 12.5 Å². The van der Waals surface area contributed by atoms with Crippen LogP contribution in [0, 0.1) is 6.92 Å². The van der Waals surface area contributed by atoms with Crippen LogP contribution in [0.2, 0.25) is 0 Å². The lowest BCUT2D eigenvalue weighted by atomic mass is 10.1. The molecule has 0 radical (unpaired) electrons. The molecule has 0 bridgehead atoms. The number of amides is 2. The predicted octanol–water partition coefficient (Wildman–Crippen LogP) is 0.487. The van der Waals surface area contributed by atoms with Crippen molar-refractivity contribution in [1.29, 1.82) is 0 Å². The van der Waals surface area contributed by atoms with Crippen molar-refractivity contribution < 1.29 is 9.59 Å². The summed E-state index contributed by atoms with van der Waals surface area (Å²) in [6.07, 6.45) is -0.258. The maximum Gasteiger partial charge on any atom is 0.229 e. The minimum atomic E-state index is -0.614. The van der Waals surface area contributed by atoms with E-state index in [4.69, 9.17) is 5.73 Å². The van der Waals surface area contributed by atoms with Gasteiger partial charge in [0.05, 0.1) is 0 Å². The summed E-state index contributed by atoms with van der Waals surface area (Å²) in [5, 5.41) is 2.62. The van der Waals surface area contributed by atoms with Gasteiger partial charge in [-0.15, -0.1) is 0 Å². The number of carbonyl (C=O) groups excluding carboxylic acids is 2. The fraction of sp³-hybridized carbons (Fsp3) is 0.273. The average Bonchev–Trinajstić information content (AvgIpc) is 2.14. The minimum absolute atomic E-state index is 0.258. The van der Waals surface area contributed by atoms with Crippen molar-refractivity contribution >= 4 is 11.8 Å². The van der Waals surface area contributed by atoms with Crippen molar-refractivity contribution in [2.75, 3.05) is 0 Å². The van der Waals surface area contributed by atoms with Crippen molar-refractivity contribution in [2.45, 2.75) is 19.9 Å². The molecular formula is C11H14N2O2. The van der Waals surface area contributed by atoms with Crippen LogP contribution >= 0.6 is 0 Å². The Balaban J connectivity index is 2.43. The first kappa shape index (κ1) is 11.2. The van der Waals surface area contributed by atoms with Crippen molar-refractivity contribution in [1.82, 2.24) is 5.32 Å². The van der Waals surface area contributed by atoms with E-state index in [1.165, 1.54) is 0 Å². The van der Waals surface area contributed by atoms with Crippen LogP contribution in [0.15, 0.2) is 24.3 Å². The van der Waals surface area contributed by atoms with E-state index in [-0.39, 0.29) is 12.3 Å². The second-order valence-corrected chi connectivity index (χ2v) is 3.41. The van der Waals surface area contributed by atoms with Gasteiger partial charge < -0.3 is 11.1 Å². The highest BCUT2D eigenvalue weighted by Gasteiger charge is 2.04. The molecule has 1 rings (SSSR count). The fourth-order valence-corrected chi connectivity index (χ4v) is 1.24. The largest absolute Gasteiger partial charge is 0.369 e. The molecule has 0 aliphatic heterocycles. The monoisotopic (exact) mass is 206 g/mol. The number of rotatable bonds is 4. The quantitative estimate of drug-likeness (QED) is 0.703. The summed E-state index contributed by atoms with van der Waals surface area (Å²) >= 11 is 0. The van der Waals surface area contributed by atoms with Gasteiger partial charge in [0.25, 0.3) is 0 Å². The third-order valence-electron chi connectivity index (χ3n) is 1.91. The summed E-state index contributed by atoms with van der Waals surface area (Å²) in [4.78, 5) is 21.5. The Morgan fingerprint density at radius 3 is 2.73 bits per heavy atom. The van der Waals surface area contributed by atoms with E-state index in [0.717, 1.165) is 11.1 Å². The maximum atomic E-state index is 11.1. The number of primary amides is 1. The zero-order valence-electron chi connectivity index (χ0n) is 8.62. The third-order valence-corrected chi connectivity index (χ3v) is 1.91. The van der Waals surface area contributed by atoms with Gasteiger partial charge in [0.15, 0.2) is 0 Å². The highest BCUT2D eigenvalue weighted by Crippen LogP contribution is 2.03. The number of nitrogens with one attached hydrogen (secondary N) is 1. The smallest absolute Gasteiger partial charge is 0.229 e. The number of hydrogen-bond acceptors (Lipinski definition) is 2. The molecular weight excluding hydrogens is 192 g/mol. The summed E-state index contributed by atoms with van der Waals surface area (Å²) in [5.74, 6) is -0.958. The lowest BCUT2D eigenvalue weighted by molar-refractivity contribution is -0.127. The van der Waals surface area contributed by atoms with E-state index in [9.17, 15) is 9.59 Å². The first-order chi connectivity index (χ1) is 7.08. The highest BCUT2D eigenvalue weighted by atomic mass is 16.2. The number of aryl methyl sites for hydroxylation is 1. The molecule has 0 unspecified atom stereocenters. The Bertz CT molecular complexity index is 375. The molecule has 0 atom stereocenters. The molecule has 0 aliphatic rings. The van der Waals surface area contributed by atoms with Gasteiger partial charge in [0.2, 0.25) is 11.8 Å². The second-order valence-electron chi connectivity index (χ2n) is 3.41. The topological polar surface area (TPSA) is 72.2 Å². The lowest BCUT2D eigenvalue weighted by Gasteiger charge is -2.04. The van der Waals surface area contributed by atoms with Gasteiger partial charge in [0, 0.05) is 6.54 Å². The Kier molecular flexibility index (Phi) is 3.85. The molecule has 0 spiro atoms. The molecule has 4 nitrogen and oxygen atoms in total. The molecule has 0 saturated carbocycles. The second kappa shape index (κ2) is 5.14. The predicted molar refractivity (Wildman–Crippen MR) is 56.8 cm³/mol. The fourth-order valence-electron chi connectivity index (χ4n) is 1.24. The van der Waals surface area contributed by atoms with Crippen molar-refractivity contribution in [3.8, 4) is 0 Å². The molecule has 0 aliphatic carbocycles. The SMILES string of the molecule is Cc1cccc(CNC(=O)CC(N)=O)c1. The summed E-state index contributed by atoms with van der Waals surface area (Å²) < 4.78 is 0. The molecule has 1 aromatic rings. The molecule has 0 saturated heterocycles. The highest BCUT2D eigenvalue weighted by molar-refractivity contribution is 5.95. The van der Waals surface area contributed by atoms with E-state index >= 15 is 0 Å². The van der Waals surface area contributed by atoms with Gasteiger partial charge in [-0.3, -0.25) is 9.59 Å². The minimum Gasteiger partial charge on any atom is -0.369 e. The van der Waals surface area contributed by atoms with Gasteiger partial charge in [0.1, 0.15) is 6.42 Å². The van der Waals surface area contributed by atoms with Crippen molar-refractivity contribution in [3.63, 3.8) is 0 Å². The van der Waals surface area contributed by atoms with E-state index in [2.05, 4.69) is 5.32 Å². The number of benzene rings is 1. The van der Waals surface area contributed by atoms with Crippen LogP contribution in [-0.2, 0) is 16.1 Å². The van der Waals surface area contributed by atoms with Crippen LogP contribution in [0.5, 0.6) is 0 Å². The Morgan fingerprint density at radius 1 is 1.40 bits per heavy atom. The van der Waals surface area contributed by atoms with Gasteiger partial charge in [-0.2, -0.15) is 0 Å². The Morgan fingerprint density at radius 2 is 2.13 bits per heavy atom. The molecule has 80 valence electrons. The molecule has 15 heavy (non-hydrogen) atoms. The summed E-state index contributed by atoms with van der Waals surface area (Å²) in [6.45, 7) is 2.41. The Labute approximate surface area is 88.5 Å². The van der Waals surface area contributed by atoms with Crippen molar-refractivity contribution in [3.05, 3.63) is 35.4 Å². The van der Waals surface area contributed by atoms with Gasteiger partial charge in [-0.25, -0.2) is 0 Å². The zero-order chi connectivity index (χ0) is 11.3. The van der Waals surface area contributed by atoms with E-state index in [0.29, 0.717) is 6.54 Å². The van der Waals surface area contributed by atoms with Crippen LogP contribution in [0.4, 0.5) is 0 Å². The van der Waals surface area contributed by atoms with Crippen LogP contribution in [0.25, 0.3) is 0 Å². The summed E-state index contributed by atoms with van der Waals surface area (Å²) in [6, 6.07) is 7.79. The van der Waals surface area contributed by atoms with Crippen LogP contribution in [-0.4, -0.2) is 11.8 Å². The lowest BCUT2D eigenvalue weighted by Crippen LogP contribution is -2.27. The molecule has 0 fully saturated rings. The first-order valence-corrected chi connectivity index (χ1v) is 4.68.